The van der Waals surface area contributed by atoms with Crippen LogP contribution in [0.2, 0.25) is 0 Å². The number of rotatable bonds is 3. The lowest BCUT2D eigenvalue weighted by atomic mass is 9.96. The molecule has 1 saturated carbocycles. The summed E-state index contributed by atoms with van der Waals surface area (Å²) in [6, 6.07) is 3.24. The van der Waals surface area contributed by atoms with Gasteiger partial charge in [-0.2, -0.15) is 4.98 Å². The first-order chi connectivity index (χ1) is 10.5. The maximum atomic E-state index is 12.5. The van der Waals surface area contributed by atoms with Crippen LogP contribution in [0.3, 0.4) is 0 Å². The molecule has 2 aromatic heterocycles. The van der Waals surface area contributed by atoms with Crippen molar-refractivity contribution < 1.29 is 9.32 Å². The van der Waals surface area contributed by atoms with Gasteiger partial charge in [-0.3, -0.25) is 9.59 Å². The summed E-state index contributed by atoms with van der Waals surface area (Å²) < 4.78 is 5.05. The summed E-state index contributed by atoms with van der Waals surface area (Å²) in [4.78, 5) is 31.3. The SMILES string of the molecule is Cc1ccc(C(=O)NC2(c3noc(C)n3)CCCC2)c(=O)[nH]1. The van der Waals surface area contributed by atoms with E-state index in [0.717, 1.165) is 25.7 Å². The molecule has 1 aliphatic rings. The topological polar surface area (TPSA) is 101 Å². The first-order valence-corrected chi connectivity index (χ1v) is 7.33. The Hall–Kier alpha value is -2.44. The average molecular weight is 302 g/mol. The Morgan fingerprint density at radius 2 is 2.05 bits per heavy atom. The second kappa shape index (κ2) is 5.40. The molecule has 0 aromatic carbocycles. The zero-order valence-electron chi connectivity index (χ0n) is 12.6. The van der Waals surface area contributed by atoms with E-state index >= 15 is 0 Å². The van der Waals surface area contributed by atoms with Crippen LogP contribution in [0.15, 0.2) is 21.5 Å². The van der Waals surface area contributed by atoms with Crippen molar-refractivity contribution in [2.45, 2.75) is 45.1 Å². The van der Waals surface area contributed by atoms with E-state index in [-0.39, 0.29) is 5.56 Å². The molecule has 0 bridgehead atoms. The van der Waals surface area contributed by atoms with E-state index in [4.69, 9.17) is 4.52 Å². The molecule has 116 valence electrons. The van der Waals surface area contributed by atoms with Crippen molar-refractivity contribution in [3.05, 3.63) is 45.5 Å². The summed E-state index contributed by atoms with van der Waals surface area (Å²) >= 11 is 0. The molecule has 1 fully saturated rings. The molecule has 0 saturated heterocycles. The van der Waals surface area contributed by atoms with E-state index < -0.39 is 17.0 Å². The minimum atomic E-state index is -0.647. The smallest absolute Gasteiger partial charge is 0.260 e. The molecule has 2 aromatic rings. The maximum Gasteiger partial charge on any atom is 0.260 e. The van der Waals surface area contributed by atoms with E-state index in [0.29, 0.717) is 17.4 Å². The molecule has 1 aliphatic carbocycles. The van der Waals surface area contributed by atoms with Crippen LogP contribution >= 0.6 is 0 Å². The largest absolute Gasteiger partial charge is 0.340 e. The van der Waals surface area contributed by atoms with Gasteiger partial charge in [0.25, 0.3) is 11.5 Å². The predicted molar refractivity (Wildman–Crippen MR) is 78.4 cm³/mol. The lowest BCUT2D eigenvalue weighted by Crippen LogP contribution is -2.46. The number of aromatic amines is 1. The molecule has 3 rings (SSSR count). The lowest BCUT2D eigenvalue weighted by molar-refractivity contribution is 0.0890. The second-order valence-corrected chi connectivity index (χ2v) is 5.76. The van der Waals surface area contributed by atoms with Crippen LogP contribution < -0.4 is 10.9 Å². The third-order valence-electron chi connectivity index (χ3n) is 4.07. The molecule has 0 radical (unpaired) electrons. The van der Waals surface area contributed by atoms with Gasteiger partial charge in [-0.1, -0.05) is 18.0 Å². The molecule has 0 atom stereocenters. The van der Waals surface area contributed by atoms with Crippen molar-refractivity contribution in [1.82, 2.24) is 20.4 Å². The van der Waals surface area contributed by atoms with Crippen LogP contribution in [0, 0.1) is 13.8 Å². The van der Waals surface area contributed by atoms with Gasteiger partial charge >= 0.3 is 0 Å². The fraction of sp³-hybridized carbons (Fsp3) is 0.467. The van der Waals surface area contributed by atoms with Crippen LogP contribution in [-0.4, -0.2) is 21.0 Å². The third kappa shape index (κ3) is 2.54. The molecule has 0 spiro atoms. The number of aromatic nitrogens is 3. The normalized spacial score (nSPS) is 16.6. The minimum Gasteiger partial charge on any atom is -0.340 e. The number of H-pyrrole nitrogens is 1. The average Bonchev–Trinajstić information content (AvgIpc) is 3.08. The Morgan fingerprint density at radius 1 is 1.32 bits per heavy atom. The van der Waals surface area contributed by atoms with Crippen LogP contribution in [0.5, 0.6) is 0 Å². The minimum absolute atomic E-state index is 0.0945. The van der Waals surface area contributed by atoms with Crippen molar-refractivity contribution in [3.63, 3.8) is 0 Å². The number of pyridine rings is 1. The molecule has 7 heteroatoms. The van der Waals surface area contributed by atoms with E-state index in [1.54, 1.807) is 19.9 Å². The van der Waals surface area contributed by atoms with E-state index in [1.807, 2.05) is 0 Å². The van der Waals surface area contributed by atoms with Gasteiger partial charge in [0.2, 0.25) is 5.89 Å². The second-order valence-electron chi connectivity index (χ2n) is 5.76. The Balaban J connectivity index is 1.91. The van der Waals surface area contributed by atoms with Gasteiger partial charge in [0, 0.05) is 12.6 Å². The third-order valence-corrected chi connectivity index (χ3v) is 4.07. The summed E-state index contributed by atoms with van der Waals surface area (Å²) in [5.74, 6) is 0.536. The van der Waals surface area contributed by atoms with Gasteiger partial charge in [-0.05, 0) is 31.9 Å². The number of amides is 1. The number of nitrogens with zero attached hydrogens (tertiary/aromatic N) is 2. The Morgan fingerprint density at radius 3 is 2.64 bits per heavy atom. The highest BCUT2D eigenvalue weighted by Crippen LogP contribution is 2.37. The number of carbonyl (C=O) groups excluding carboxylic acids is 1. The fourth-order valence-electron chi connectivity index (χ4n) is 2.91. The van der Waals surface area contributed by atoms with Gasteiger partial charge in [0.15, 0.2) is 5.82 Å². The number of aryl methyl sites for hydroxylation is 2. The van der Waals surface area contributed by atoms with Gasteiger partial charge in [-0.15, -0.1) is 0 Å². The molecule has 7 nitrogen and oxygen atoms in total. The molecule has 0 unspecified atom stereocenters. The summed E-state index contributed by atoms with van der Waals surface area (Å²) in [6.45, 7) is 3.48. The zero-order chi connectivity index (χ0) is 15.7. The summed E-state index contributed by atoms with van der Waals surface area (Å²) in [6.07, 6.45) is 3.42. The van der Waals surface area contributed by atoms with Crippen LogP contribution in [-0.2, 0) is 5.54 Å². The van der Waals surface area contributed by atoms with E-state index in [9.17, 15) is 9.59 Å². The fourth-order valence-corrected chi connectivity index (χ4v) is 2.91. The summed E-state index contributed by atoms with van der Waals surface area (Å²) in [5, 5.41) is 6.92. The van der Waals surface area contributed by atoms with Gasteiger partial charge in [-0.25, -0.2) is 0 Å². The van der Waals surface area contributed by atoms with Crippen molar-refractivity contribution in [2.75, 3.05) is 0 Å². The predicted octanol–water partition coefficient (Wildman–Crippen LogP) is 1.57. The van der Waals surface area contributed by atoms with Crippen LogP contribution in [0.4, 0.5) is 0 Å². The molecule has 2 N–H and O–H groups in total. The van der Waals surface area contributed by atoms with Crippen molar-refractivity contribution >= 4 is 5.91 Å². The summed E-state index contributed by atoms with van der Waals surface area (Å²) in [7, 11) is 0. The van der Waals surface area contributed by atoms with Gasteiger partial charge in [0.05, 0.1) is 0 Å². The quantitative estimate of drug-likeness (QED) is 0.896. The standard InChI is InChI=1S/C15H18N4O3/c1-9-5-6-11(12(20)16-9)13(21)18-15(7-3-4-8-15)14-17-10(2)22-19-14/h5-6H,3-4,7-8H2,1-2H3,(H,16,20)(H,18,21). The number of nitrogens with one attached hydrogen (secondary N) is 2. The maximum absolute atomic E-state index is 12.5. The molecule has 1 amide bonds. The number of hydrogen-bond donors (Lipinski definition) is 2. The van der Waals surface area contributed by atoms with Crippen LogP contribution in [0.25, 0.3) is 0 Å². The molecule has 2 heterocycles. The Labute approximate surface area is 127 Å². The molecule has 22 heavy (non-hydrogen) atoms. The zero-order valence-corrected chi connectivity index (χ0v) is 12.6. The highest BCUT2D eigenvalue weighted by Gasteiger charge is 2.41. The van der Waals surface area contributed by atoms with Gasteiger partial charge < -0.3 is 14.8 Å². The van der Waals surface area contributed by atoms with Gasteiger partial charge in [0.1, 0.15) is 11.1 Å². The van der Waals surface area contributed by atoms with E-state index in [2.05, 4.69) is 20.4 Å². The molecular formula is C15H18N4O3. The van der Waals surface area contributed by atoms with Crippen LogP contribution in [0.1, 0.15) is 53.5 Å². The van der Waals surface area contributed by atoms with E-state index in [1.165, 1.54) is 6.07 Å². The lowest BCUT2D eigenvalue weighted by Gasteiger charge is -2.26. The molecular weight excluding hydrogens is 284 g/mol. The Kier molecular flexibility index (Phi) is 3.56. The number of carbonyl (C=O) groups is 1. The number of hydrogen-bond acceptors (Lipinski definition) is 5. The van der Waals surface area contributed by atoms with Crippen molar-refractivity contribution in [1.29, 1.82) is 0 Å². The first kappa shape index (κ1) is 14.5. The first-order valence-electron chi connectivity index (χ1n) is 7.33. The van der Waals surface area contributed by atoms with Crippen molar-refractivity contribution in [3.8, 4) is 0 Å². The highest BCUT2D eigenvalue weighted by molar-refractivity contribution is 5.94. The summed E-state index contributed by atoms with van der Waals surface area (Å²) in [5.41, 5.74) is -0.232. The van der Waals surface area contributed by atoms with Crippen molar-refractivity contribution in [2.24, 2.45) is 0 Å². The Bertz CT molecular complexity index is 756. The highest BCUT2D eigenvalue weighted by atomic mass is 16.5. The monoisotopic (exact) mass is 302 g/mol. The molecule has 0 aliphatic heterocycles.